The van der Waals surface area contributed by atoms with Gasteiger partial charge in [-0.2, -0.15) is 5.26 Å². The average Bonchev–Trinajstić information content (AvgIpc) is 2.86. The van der Waals surface area contributed by atoms with Crippen LogP contribution in [-0.2, 0) is 10.0 Å². The zero-order valence-corrected chi connectivity index (χ0v) is 21.2. The summed E-state index contributed by atoms with van der Waals surface area (Å²) in [6.07, 6.45) is 2.36. The third-order valence-electron chi connectivity index (χ3n) is 5.02. The first-order chi connectivity index (χ1) is 18.4. The number of halogens is 2. The SMILES string of the molecule is [2H]C([2H])([2H])N(c1ccc(-c2ccc3nc(NS(C)(=O)=O)cnc3c2)cc1)c1cc(Cl)c(OCCCl)c(C#N)c1. The zero-order chi connectivity index (χ0) is 28.4. The van der Waals surface area contributed by atoms with Crippen LogP contribution in [0.2, 0.25) is 5.02 Å². The van der Waals surface area contributed by atoms with Gasteiger partial charge < -0.3 is 9.64 Å². The van der Waals surface area contributed by atoms with E-state index in [1.165, 1.54) is 18.3 Å². The molecule has 8 nitrogen and oxygen atoms in total. The molecule has 0 amide bonds. The lowest BCUT2D eigenvalue weighted by atomic mass is 10.0. The third-order valence-corrected chi connectivity index (χ3v) is 6.04. The second kappa shape index (κ2) is 10.6. The highest BCUT2D eigenvalue weighted by Crippen LogP contribution is 2.36. The number of hydrogen-bond donors (Lipinski definition) is 1. The van der Waals surface area contributed by atoms with E-state index in [4.69, 9.17) is 32.1 Å². The molecular weight excluding hydrogens is 521 g/mol. The Labute approximate surface area is 223 Å². The van der Waals surface area contributed by atoms with Gasteiger partial charge in [-0.3, -0.25) is 9.71 Å². The Morgan fingerprint density at radius 2 is 1.86 bits per heavy atom. The van der Waals surface area contributed by atoms with Gasteiger partial charge in [0, 0.05) is 22.5 Å². The highest BCUT2D eigenvalue weighted by molar-refractivity contribution is 7.92. The molecule has 0 atom stereocenters. The van der Waals surface area contributed by atoms with Gasteiger partial charge in [-0.05, 0) is 47.5 Å². The van der Waals surface area contributed by atoms with Crippen molar-refractivity contribution in [3.63, 3.8) is 0 Å². The van der Waals surface area contributed by atoms with Crippen LogP contribution in [0.15, 0.2) is 60.8 Å². The van der Waals surface area contributed by atoms with Crippen LogP contribution in [0.5, 0.6) is 5.75 Å². The fraction of sp³-hybridized carbons (Fsp3) is 0.160. The lowest BCUT2D eigenvalue weighted by Gasteiger charge is -2.21. The van der Waals surface area contributed by atoms with Crippen LogP contribution in [0.1, 0.15) is 9.68 Å². The molecule has 0 bridgehead atoms. The van der Waals surface area contributed by atoms with Gasteiger partial charge in [-0.15, -0.1) is 11.6 Å². The van der Waals surface area contributed by atoms with Crippen LogP contribution in [0.3, 0.4) is 0 Å². The summed E-state index contributed by atoms with van der Waals surface area (Å²) in [5.41, 5.74) is 3.26. The van der Waals surface area contributed by atoms with E-state index in [1.54, 1.807) is 42.5 Å². The monoisotopic (exact) mass is 544 g/mol. The van der Waals surface area contributed by atoms with E-state index in [-0.39, 0.29) is 40.3 Å². The quantitative estimate of drug-likeness (QED) is 0.288. The number of alkyl halides is 1. The van der Waals surface area contributed by atoms with Gasteiger partial charge in [0.15, 0.2) is 11.6 Å². The minimum Gasteiger partial charge on any atom is -0.489 e. The fourth-order valence-corrected chi connectivity index (χ4v) is 4.28. The largest absolute Gasteiger partial charge is 0.489 e. The summed E-state index contributed by atoms with van der Waals surface area (Å²) in [7, 11) is -3.48. The summed E-state index contributed by atoms with van der Waals surface area (Å²) in [6.45, 7) is -2.45. The Balaban J connectivity index is 1.68. The number of nitrogens with zero attached hydrogens (tertiary/aromatic N) is 4. The van der Waals surface area contributed by atoms with Crippen LogP contribution >= 0.6 is 23.2 Å². The maximum absolute atomic E-state index is 11.5. The lowest BCUT2D eigenvalue weighted by molar-refractivity contribution is 0.342. The first-order valence-electron chi connectivity index (χ1n) is 12.0. The molecule has 0 aliphatic heterocycles. The minimum absolute atomic E-state index is 0.0839. The number of anilines is 3. The van der Waals surface area contributed by atoms with Gasteiger partial charge in [0.25, 0.3) is 0 Å². The van der Waals surface area contributed by atoms with Crippen LogP contribution in [0.4, 0.5) is 17.2 Å². The van der Waals surface area contributed by atoms with Crippen molar-refractivity contribution in [1.29, 1.82) is 5.26 Å². The number of sulfonamides is 1. The van der Waals surface area contributed by atoms with Crippen LogP contribution < -0.4 is 14.4 Å². The Bertz CT molecular complexity index is 1680. The molecule has 0 unspecified atom stereocenters. The first-order valence-corrected chi connectivity index (χ1v) is 13.3. The molecule has 0 aliphatic carbocycles. The Kier molecular flexibility index (Phi) is 6.37. The minimum atomic E-state index is -3.48. The van der Waals surface area contributed by atoms with Gasteiger partial charge in [0.1, 0.15) is 12.7 Å². The number of ether oxygens (including phenoxy) is 1. The Morgan fingerprint density at radius 3 is 2.53 bits per heavy atom. The van der Waals surface area contributed by atoms with Gasteiger partial charge >= 0.3 is 0 Å². The second-order valence-electron chi connectivity index (χ2n) is 7.67. The highest BCUT2D eigenvalue weighted by atomic mass is 35.5. The molecule has 0 saturated heterocycles. The summed E-state index contributed by atoms with van der Waals surface area (Å²) >= 11 is 12.0. The van der Waals surface area contributed by atoms with Crippen molar-refractivity contribution in [1.82, 2.24) is 9.97 Å². The molecular formula is C25H21Cl2N5O3S. The molecule has 184 valence electrons. The topological polar surface area (TPSA) is 108 Å². The Hall–Kier alpha value is -3.58. The van der Waals surface area contributed by atoms with Crippen molar-refractivity contribution in [3.05, 3.63) is 71.4 Å². The van der Waals surface area contributed by atoms with Crippen LogP contribution in [0.25, 0.3) is 22.2 Å². The average molecular weight is 545 g/mol. The molecule has 3 aromatic carbocycles. The van der Waals surface area contributed by atoms with E-state index in [1.807, 2.05) is 6.07 Å². The number of hydrogen-bond acceptors (Lipinski definition) is 7. The predicted molar refractivity (Wildman–Crippen MR) is 144 cm³/mol. The fourth-order valence-electron chi connectivity index (χ4n) is 3.46. The van der Waals surface area contributed by atoms with Crippen molar-refractivity contribution in [2.75, 3.05) is 35.3 Å². The summed E-state index contributed by atoms with van der Waals surface area (Å²) in [6, 6.07) is 17.0. The van der Waals surface area contributed by atoms with Crippen LogP contribution in [0, 0.1) is 11.3 Å². The standard InChI is InChI=1S/C25H21Cl2N5O3S/c1-32(20-11-18(14-28)25(21(27)13-20)35-10-9-26)19-6-3-16(4-7-19)17-5-8-22-23(12-17)29-15-24(30-22)31-36(2,33)34/h3-8,11-13,15H,9-10H2,1-2H3,(H,30,31)/i1D3. The van der Waals surface area contributed by atoms with Crippen molar-refractivity contribution >= 4 is 61.5 Å². The highest BCUT2D eigenvalue weighted by Gasteiger charge is 2.15. The summed E-state index contributed by atoms with van der Waals surface area (Å²) in [5.74, 6) is 0.454. The molecule has 0 fully saturated rings. The molecule has 0 radical (unpaired) electrons. The second-order valence-corrected chi connectivity index (χ2v) is 10.2. The molecule has 1 aromatic heterocycles. The van der Waals surface area contributed by atoms with E-state index in [2.05, 4.69) is 14.7 Å². The van der Waals surface area contributed by atoms with Crippen molar-refractivity contribution in [2.24, 2.45) is 0 Å². The summed E-state index contributed by atoms with van der Waals surface area (Å²) < 4.78 is 55.1. The number of rotatable bonds is 8. The van der Waals surface area contributed by atoms with Gasteiger partial charge in [-0.1, -0.05) is 29.8 Å². The molecule has 1 N–H and O–H groups in total. The van der Waals surface area contributed by atoms with Gasteiger partial charge in [0.05, 0.1) is 40.0 Å². The Morgan fingerprint density at radius 1 is 1.11 bits per heavy atom. The maximum Gasteiger partial charge on any atom is 0.231 e. The number of benzene rings is 3. The smallest absolute Gasteiger partial charge is 0.231 e. The predicted octanol–water partition coefficient (Wildman–Crippen LogP) is 5.58. The number of fused-ring (bicyclic) bond motifs is 1. The zero-order valence-electron chi connectivity index (χ0n) is 21.9. The summed E-state index contributed by atoms with van der Waals surface area (Å²) in [4.78, 5) is 9.67. The molecule has 4 rings (SSSR count). The van der Waals surface area contributed by atoms with Crippen LogP contribution in [-0.4, -0.2) is 44.1 Å². The number of nitrogens with one attached hydrogen (secondary N) is 1. The molecule has 0 spiro atoms. The number of nitriles is 1. The molecule has 11 heteroatoms. The maximum atomic E-state index is 11.5. The van der Waals surface area contributed by atoms with E-state index < -0.39 is 17.0 Å². The van der Waals surface area contributed by atoms with Gasteiger partial charge in [0.2, 0.25) is 10.0 Å². The number of aromatic nitrogens is 2. The van der Waals surface area contributed by atoms with Crippen molar-refractivity contribution < 1.29 is 17.3 Å². The lowest BCUT2D eigenvalue weighted by Crippen LogP contribution is -2.11. The third kappa shape index (κ3) is 5.79. The van der Waals surface area contributed by atoms with E-state index in [0.29, 0.717) is 16.7 Å². The summed E-state index contributed by atoms with van der Waals surface area (Å²) in [5, 5.41) is 9.69. The van der Waals surface area contributed by atoms with Crippen molar-refractivity contribution in [3.8, 4) is 22.9 Å². The molecule has 0 aliphatic rings. The molecule has 0 saturated carbocycles. The van der Waals surface area contributed by atoms with Crippen molar-refractivity contribution in [2.45, 2.75) is 0 Å². The molecule has 4 aromatic rings. The van der Waals surface area contributed by atoms with E-state index >= 15 is 0 Å². The van der Waals surface area contributed by atoms with Gasteiger partial charge in [-0.25, -0.2) is 13.4 Å². The normalized spacial score (nSPS) is 12.8. The van der Waals surface area contributed by atoms with E-state index in [9.17, 15) is 13.7 Å². The molecule has 1 heterocycles. The van der Waals surface area contributed by atoms with E-state index in [0.717, 1.165) is 22.3 Å². The molecule has 36 heavy (non-hydrogen) atoms. The first kappa shape index (κ1) is 21.7.